The zero-order valence-corrected chi connectivity index (χ0v) is 14.8. The summed E-state index contributed by atoms with van der Waals surface area (Å²) in [5.74, 6) is -4.05. The Hall–Kier alpha value is -2.54. The van der Waals surface area contributed by atoms with E-state index in [0.717, 1.165) is 11.0 Å². The highest BCUT2D eigenvalue weighted by Crippen LogP contribution is 2.38. The Morgan fingerprint density at radius 2 is 1.93 bits per heavy atom. The molecule has 3 rings (SSSR count). The van der Waals surface area contributed by atoms with Crippen LogP contribution in [0.4, 0.5) is 18.9 Å². The fourth-order valence-corrected chi connectivity index (χ4v) is 3.30. The molecule has 0 bridgehead atoms. The van der Waals surface area contributed by atoms with E-state index in [4.69, 9.17) is 11.6 Å². The van der Waals surface area contributed by atoms with Gasteiger partial charge in [0.15, 0.2) is 0 Å². The van der Waals surface area contributed by atoms with E-state index < -0.39 is 42.6 Å². The fourth-order valence-electron chi connectivity index (χ4n) is 3.07. The third-order valence-electron chi connectivity index (χ3n) is 4.38. The minimum Gasteiger partial charge on any atom is -0.351 e. The van der Waals surface area contributed by atoms with Gasteiger partial charge in [0.2, 0.25) is 12.3 Å². The number of rotatable bonds is 6. The van der Waals surface area contributed by atoms with E-state index in [1.54, 1.807) is 24.3 Å². The lowest BCUT2D eigenvalue weighted by molar-refractivity contribution is -0.131. The number of hydrogen-bond acceptors (Lipinski definition) is 2. The molecule has 2 aromatic rings. The van der Waals surface area contributed by atoms with Gasteiger partial charge in [-0.15, -0.1) is 0 Å². The lowest BCUT2D eigenvalue weighted by atomic mass is 9.87. The van der Waals surface area contributed by atoms with Crippen molar-refractivity contribution >= 4 is 29.6 Å². The van der Waals surface area contributed by atoms with E-state index in [1.807, 2.05) is 0 Å². The lowest BCUT2D eigenvalue weighted by Gasteiger charge is -2.37. The number of nitrogens with zero attached hydrogens (tertiary/aromatic N) is 1. The summed E-state index contributed by atoms with van der Waals surface area (Å²) in [5.41, 5.74) is 0.447. The first-order valence-electron chi connectivity index (χ1n) is 8.22. The van der Waals surface area contributed by atoms with E-state index in [0.29, 0.717) is 12.0 Å². The molecule has 142 valence electrons. The van der Waals surface area contributed by atoms with Crippen molar-refractivity contribution in [2.75, 3.05) is 4.90 Å². The molecule has 1 aliphatic carbocycles. The highest BCUT2D eigenvalue weighted by Gasteiger charge is 2.46. The summed E-state index contributed by atoms with van der Waals surface area (Å²) in [6, 6.07) is 9.62. The quantitative estimate of drug-likeness (QED) is 0.747. The molecule has 1 saturated carbocycles. The highest BCUT2D eigenvalue weighted by molar-refractivity contribution is 6.31. The van der Waals surface area contributed by atoms with Gasteiger partial charge in [-0.3, -0.25) is 14.5 Å². The summed E-state index contributed by atoms with van der Waals surface area (Å²) in [7, 11) is 0. The minimum absolute atomic E-state index is 0.143. The molecule has 2 amide bonds. The van der Waals surface area contributed by atoms with E-state index in [9.17, 15) is 22.8 Å². The van der Waals surface area contributed by atoms with Crippen molar-refractivity contribution in [2.24, 2.45) is 0 Å². The van der Waals surface area contributed by atoms with Gasteiger partial charge < -0.3 is 5.32 Å². The van der Waals surface area contributed by atoms with Gasteiger partial charge in [-0.1, -0.05) is 35.9 Å². The van der Waals surface area contributed by atoms with Crippen molar-refractivity contribution in [3.05, 3.63) is 64.9 Å². The van der Waals surface area contributed by atoms with Gasteiger partial charge in [-0.25, -0.2) is 13.2 Å². The zero-order valence-electron chi connectivity index (χ0n) is 14.0. The summed E-state index contributed by atoms with van der Waals surface area (Å²) in [6.45, 7) is 0. The van der Waals surface area contributed by atoms with Crippen LogP contribution in [-0.4, -0.2) is 24.3 Å². The van der Waals surface area contributed by atoms with Gasteiger partial charge in [0.05, 0.1) is 0 Å². The summed E-state index contributed by atoms with van der Waals surface area (Å²) < 4.78 is 39.8. The van der Waals surface area contributed by atoms with Crippen LogP contribution in [0.1, 0.15) is 24.4 Å². The Bertz CT molecular complexity index is 854. The van der Waals surface area contributed by atoms with E-state index in [2.05, 4.69) is 5.32 Å². The minimum atomic E-state index is -2.80. The number of alkyl halides is 2. The summed E-state index contributed by atoms with van der Waals surface area (Å²) in [5, 5.41) is 2.75. The summed E-state index contributed by atoms with van der Waals surface area (Å²) >= 11 is 6.20. The number of carbonyl (C=O) groups is 2. The number of halogens is 4. The SMILES string of the molecule is O=CN(c1cccc(F)c1)C(C(=O)NC1CC(F)(F)C1)c1ccccc1Cl. The first-order chi connectivity index (χ1) is 12.8. The van der Waals surface area contributed by atoms with Crippen molar-refractivity contribution in [3.8, 4) is 0 Å². The van der Waals surface area contributed by atoms with Crippen LogP contribution in [0.15, 0.2) is 48.5 Å². The maximum Gasteiger partial charge on any atom is 0.252 e. The third-order valence-corrected chi connectivity index (χ3v) is 4.73. The molecule has 27 heavy (non-hydrogen) atoms. The normalized spacial score (nSPS) is 16.9. The Kier molecular flexibility index (Phi) is 5.41. The fraction of sp³-hybridized carbons (Fsp3) is 0.263. The standard InChI is InChI=1S/C19H16ClF3N2O2/c20-16-7-2-1-6-15(16)17(18(27)24-13-9-19(22,23)10-13)25(11-26)14-5-3-4-12(21)8-14/h1-8,11,13,17H,9-10H2,(H,24,27). The molecular formula is C19H16ClF3N2O2. The molecule has 1 aliphatic rings. The lowest BCUT2D eigenvalue weighted by Crippen LogP contribution is -2.53. The predicted octanol–water partition coefficient (Wildman–Crippen LogP) is 4.10. The average molecular weight is 397 g/mol. The van der Waals surface area contributed by atoms with Crippen LogP contribution in [0.25, 0.3) is 0 Å². The Labute approximate surface area is 158 Å². The molecule has 1 unspecified atom stereocenters. The first kappa shape index (κ1) is 19.2. The average Bonchev–Trinajstić information content (AvgIpc) is 2.58. The molecule has 0 spiro atoms. The molecule has 8 heteroatoms. The van der Waals surface area contributed by atoms with Crippen LogP contribution in [0.5, 0.6) is 0 Å². The van der Waals surface area contributed by atoms with Crippen molar-refractivity contribution in [2.45, 2.75) is 30.8 Å². The van der Waals surface area contributed by atoms with Crippen LogP contribution in [0.2, 0.25) is 5.02 Å². The molecule has 0 heterocycles. The van der Waals surface area contributed by atoms with Crippen molar-refractivity contribution < 1.29 is 22.8 Å². The molecule has 1 N–H and O–H groups in total. The van der Waals surface area contributed by atoms with Gasteiger partial charge in [0, 0.05) is 35.2 Å². The van der Waals surface area contributed by atoms with Gasteiger partial charge in [-0.2, -0.15) is 0 Å². The predicted molar refractivity (Wildman–Crippen MR) is 95.2 cm³/mol. The zero-order chi connectivity index (χ0) is 19.6. The number of benzene rings is 2. The van der Waals surface area contributed by atoms with Gasteiger partial charge in [-0.05, 0) is 24.3 Å². The second-order valence-corrected chi connectivity index (χ2v) is 6.79. The summed E-state index contributed by atoms with van der Waals surface area (Å²) in [6.07, 6.45) is -0.540. The molecular weight excluding hydrogens is 381 g/mol. The molecule has 4 nitrogen and oxygen atoms in total. The van der Waals surface area contributed by atoms with Crippen molar-refractivity contribution in [1.29, 1.82) is 0 Å². The van der Waals surface area contributed by atoms with Gasteiger partial charge in [0.1, 0.15) is 11.9 Å². The van der Waals surface area contributed by atoms with Gasteiger partial charge in [0.25, 0.3) is 5.92 Å². The van der Waals surface area contributed by atoms with Crippen LogP contribution < -0.4 is 10.2 Å². The van der Waals surface area contributed by atoms with E-state index >= 15 is 0 Å². The number of anilines is 1. The van der Waals surface area contributed by atoms with Gasteiger partial charge >= 0.3 is 0 Å². The molecule has 1 atom stereocenters. The summed E-state index contributed by atoms with van der Waals surface area (Å²) in [4.78, 5) is 25.7. The smallest absolute Gasteiger partial charge is 0.252 e. The van der Waals surface area contributed by atoms with Crippen molar-refractivity contribution in [3.63, 3.8) is 0 Å². The van der Waals surface area contributed by atoms with Crippen LogP contribution in [0.3, 0.4) is 0 Å². The molecule has 0 saturated heterocycles. The number of nitrogens with one attached hydrogen (secondary N) is 1. The molecule has 0 aromatic heterocycles. The molecule has 1 fully saturated rings. The van der Waals surface area contributed by atoms with Crippen LogP contribution >= 0.6 is 11.6 Å². The molecule has 0 aliphatic heterocycles. The topological polar surface area (TPSA) is 49.4 Å². The number of hydrogen-bond donors (Lipinski definition) is 1. The second kappa shape index (κ2) is 7.60. The second-order valence-electron chi connectivity index (χ2n) is 6.39. The van der Waals surface area contributed by atoms with Crippen molar-refractivity contribution in [1.82, 2.24) is 5.32 Å². The van der Waals surface area contributed by atoms with Crippen LogP contribution in [-0.2, 0) is 9.59 Å². The number of carbonyl (C=O) groups excluding carboxylic acids is 2. The largest absolute Gasteiger partial charge is 0.351 e. The third kappa shape index (κ3) is 4.24. The Morgan fingerprint density at radius 3 is 2.52 bits per heavy atom. The van der Waals surface area contributed by atoms with Crippen LogP contribution in [0, 0.1) is 5.82 Å². The molecule has 2 aromatic carbocycles. The maximum absolute atomic E-state index is 13.6. The Balaban J connectivity index is 1.95. The molecule has 0 radical (unpaired) electrons. The van der Waals surface area contributed by atoms with E-state index in [-0.39, 0.29) is 10.7 Å². The highest BCUT2D eigenvalue weighted by atomic mass is 35.5. The van der Waals surface area contributed by atoms with E-state index in [1.165, 1.54) is 18.2 Å². The Morgan fingerprint density at radius 1 is 1.22 bits per heavy atom. The first-order valence-corrected chi connectivity index (χ1v) is 8.60. The maximum atomic E-state index is 13.6. The number of amides is 2. The monoisotopic (exact) mass is 396 g/mol.